The van der Waals surface area contributed by atoms with E-state index < -0.39 is 0 Å². The standard InChI is InChI=1S/C20H22Cl2N4/c1-3-13(2)7-6-10-24-20-19(16-8-4-5-9-23-16)25-17-11-14(21)15(22)12-18(17)26-20/h4-5,8-9,11-13H,3,6-7,10H2,1-2H3,(H,24,26). The molecule has 1 unspecified atom stereocenters. The molecule has 0 aliphatic rings. The summed E-state index contributed by atoms with van der Waals surface area (Å²) in [5, 5.41) is 4.37. The monoisotopic (exact) mass is 388 g/mol. The zero-order valence-corrected chi connectivity index (χ0v) is 16.5. The number of nitrogens with zero attached hydrogens (tertiary/aromatic N) is 3. The number of hydrogen-bond donors (Lipinski definition) is 1. The van der Waals surface area contributed by atoms with Crippen molar-refractivity contribution in [1.29, 1.82) is 0 Å². The Balaban J connectivity index is 1.94. The fourth-order valence-electron chi connectivity index (χ4n) is 2.72. The van der Waals surface area contributed by atoms with E-state index in [1.165, 1.54) is 12.8 Å². The predicted molar refractivity (Wildman–Crippen MR) is 110 cm³/mol. The van der Waals surface area contributed by atoms with Crippen molar-refractivity contribution in [2.45, 2.75) is 33.1 Å². The number of aromatic nitrogens is 3. The van der Waals surface area contributed by atoms with E-state index in [4.69, 9.17) is 33.2 Å². The second-order valence-electron chi connectivity index (χ2n) is 6.47. The smallest absolute Gasteiger partial charge is 0.154 e. The van der Waals surface area contributed by atoms with Crippen molar-refractivity contribution in [3.63, 3.8) is 0 Å². The van der Waals surface area contributed by atoms with E-state index in [9.17, 15) is 0 Å². The van der Waals surface area contributed by atoms with Crippen molar-refractivity contribution in [3.8, 4) is 11.4 Å². The molecule has 2 aromatic heterocycles. The summed E-state index contributed by atoms with van der Waals surface area (Å²) >= 11 is 12.3. The van der Waals surface area contributed by atoms with Crippen molar-refractivity contribution < 1.29 is 0 Å². The first-order chi connectivity index (χ1) is 12.6. The molecule has 26 heavy (non-hydrogen) atoms. The minimum atomic E-state index is 0.467. The zero-order chi connectivity index (χ0) is 18.5. The number of nitrogens with one attached hydrogen (secondary N) is 1. The number of pyridine rings is 1. The van der Waals surface area contributed by atoms with E-state index in [0.29, 0.717) is 21.1 Å². The van der Waals surface area contributed by atoms with E-state index in [-0.39, 0.29) is 0 Å². The predicted octanol–water partition coefficient (Wildman–Crippen LogP) is 6.24. The minimum Gasteiger partial charge on any atom is -0.368 e. The zero-order valence-electron chi connectivity index (χ0n) is 15.0. The van der Waals surface area contributed by atoms with Crippen molar-refractivity contribution in [1.82, 2.24) is 15.0 Å². The summed E-state index contributed by atoms with van der Waals surface area (Å²) in [7, 11) is 0. The number of benzene rings is 1. The summed E-state index contributed by atoms with van der Waals surface area (Å²) in [4.78, 5) is 13.9. The van der Waals surface area contributed by atoms with E-state index in [0.717, 1.165) is 36.1 Å². The van der Waals surface area contributed by atoms with Crippen LogP contribution in [0.2, 0.25) is 10.0 Å². The Hall–Kier alpha value is -1.91. The molecule has 0 saturated carbocycles. The van der Waals surface area contributed by atoms with Crippen LogP contribution >= 0.6 is 23.2 Å². The van der Waals surface area contributed by atoms with Crippen LogP contribution in [0.25, 0.3) is 22.4 Å². The third-order valence-corrected chi connectivity index (χ3v) is 5.20. The molecule has 0 aliphatic carbocycles. The maximum atomic E-state index is 6.14. The first-order valence-corrected chi connectivity index (χ1v) is 9.66. The van der Waals surface area contributed by atoms with Crippen LogP contribution in [0.15, 0.2) is 36.5 Å². The molecular weight excluding hydrogens is 367 g/mol. The molecule has 6 heteroatoms. The molecule has 3 rings (SSSR count). The first kappa shape index (κ1) is 18.9. The Labute approximate surface area is 164 Å². The fourth-order valence-corrected chi connectivity index (χ4v) is 3.03. The van der Waals surface area contributed by atoms with Crippen LogP contribution in [-0.4, -0.2) is 21.5 Å². The maximum absolute atomic E-state index is 6.14. The quantitative estimate of drug-likeness (QED) is 0.486. The molecule has 1 atom stereocenters. The number of fused-ring (bicyclic) bond motifs is 1. The third-order valence-electron chi connectivity index (χ3n) is 4.48. The lowest BCUT2D eigenvalue weighted by Gasteiger charge is -2.13. The van der Waals surface area contributed by atoms with Gasteiger partial charge in [-0.25, -0.2) is 9.97 Å². The minimum absolute atomic E-state index is 0.467. The van der Waals surface area contributed by atoms with E-state index in [1.807, 2.05) is 18.2 Å². The summed E-state index contributed by atoms with van der Waals surface area (Å²) in [5.74, 6) is 1.45. The normalized spacial score (nSPS) is 12.3. The van der Waals surface area contributed by atoms with Crippen LogP contribution in [0, 0.1) is 5.92 Å². The van der Waals surface area contributed by atoms with Gasteiger partial charge in [0.15, 0.2) is 5.82 Å². The lowest BCUT2D eigenvalue weighted by atomic mass is 10.0. The summed E-state index contributed by atoms with van der Waals surface area (Å²) in [6.45, 7) is 5.34. The highest BCUT2D eigenvalue weighted by molar-refractivity contribution is 6.42. The lowest BCUT2D eigenvalue weighted by Crippen LogP contribution is -2.08. The Morgan fingerprint density at radius 2 is 1.81 bits per heavy atom. The van der Waals surface area contributed by atoms with Gasteiger partial charge in [0, 0.05) is 12.7 Å². The van der Waals surface area contributed by atoms with Crippen LogP contribution in [0.3, 0.4) is 0 Å². The SMILES string of the molecule is CCC(C)CCCNc1nc2cc(Cl)c(Cl)cc2nc1-c1ccccn1. The number of halogens is 2. The van der Waals surface area contributed by atoms with Gasteiger partial charge in [-0.1, -0.05) is 49.5 Å². The number of hydrogen-bond acceptors (Lipinski definition) is 4. The highest BCUT2D eigenvalue weighted by Gasteiger charge is 2.13. The Morgan fingerprint density at radius 3 is 2.46 bits per heavy atom. The topological polar surface area (TPSA) is 50.7 Å². The van der Waals surface area contributed by atoms with Gasteiger partial charge >= 0.3 is 0 Å². The van der Waals surface area contributed by atoms with Crippen molar-refractivity contribution in [2.24, 2.45) is 5.92 Å². The van der Waals surface area contributed by atoms with E-state index >= 15 is 0 Å². The summed E-state index contributed by atoms with van der Waals surface area (Å²) in [5.41, 5.74) is 2.91. The molecule has 1 N–H and O–H groups in total. The van der Waals surface area contributed by atoms with Gasteiger partial charge in [0.25, 0.3) is 0 Å². The molecule has 1 aromatic carbocycles. The highest BCUT2D eigenvalue weighted by atomic mass is 35.5. The number of rotatable bonds is 7. The van der Waals surface area contributed by atoms with Gasteiger partial charge in [-0.2, -0.15) is 0 Å². The molecule has 136 valence electrons. The molecule has 0 fully saturated rings. The van der Waals surface area contributed by atoms with Gasteiger partial charge < -0.3 is 5.32 Å². The van der Waals surface area contributed by atoms with Gasteiger partial charge in [-0.05, 0) is 43.0 Å². The number of anilines is 1. The van der Waals surface area contributed by atoms with E-state index in [2.05, 4.69) is 24.1 Å². The van der Waals surface area contributed by atoms with Crippen LogP contribution in [0.5, 0.6) is 0 Å². The van der Waals surface area contributed by atoms with Crippen LogP contribution in [-0.2, 0) is 0 Å². The summed E-state index contributed by atoms with van der Waals surface area (Å²) in [6, 6.07) is 9.24. The van der Waals surface area contributed by atoms with Gasteiger partial charge in [-0.15, -0.1) is 0 Å². The van der Waals surface area contributed by atoms with Crippen LogP contribution < -0.4 is 5.32 Å². The molecule has 3 aromatic rings. The molecule has 4 nitrogen and oxygen atoms in total. The Bertz CT molecular complexity index is 884. The van der Waals surface area contributed by atoms with Gasteiger partial charge in [-0.3, -0.25) is 4.98 Å². The lowest BCUT2D eigenvalue weighted by molar-refractivity contribution is 0.503. The van der Waals surface area contributed by atoms with Gasteiger partial charge in [0.2, 0.25) is 0 Å². The molecular formula is C20H22Cl2N4. The average Bonchev–Trinajstić information content (AvgIpc) is 2.66. The van der Waals surface area contributed by atoms with E-state index in [1.54, 1.807) is 18.3 Å². The Morgan fingerprint density at radius 1 is 1.08 bits per heavy atom. The van der Waals surface area contributed by atoms with Crippen molar-refractivity contribution in [3.05, 3.63) is 46.6 Å². The first-order valence-electron chi connectivity index (χ1n) is 8.90. The molecule has 0 radical (unpaired) electrons. The van der Waals surface area contributed by atoms with Crippen LogP contribution in [0.4, 0.5) is 5.82 Å². The second kappa shape index (κ2) is 8.65. The third kappa shape index (κ3) is 4.43. The molecule has 0 aliphatic heterocycles. The highest BCUT2D eigenvalue weighted by Crippen LogP contribution is 2.30. The summed E-state index contributed by atoms with van der Waals surface area (Å²) in [6.07, 6.45) is 5.22. The molecule has 0 bridgehead atoms. The maximum Gasteiger partial charge on any atom is 0.154 e. The van der Waals surface area contributed by atoms with Crippen molar-refractivity contribution in [2.75, 3.05) is 11.9 Å². The molecule has 0 saturated heterocycles. The van der Waals surface area contributed by atoms with Gasteiger partial charge in [0.05, 0.1) is 26.8 Å². The van der Waals surface area contributed by atoms with Crippen LogP contribution in [0.1, 0.15) is 33.1 Å². The average molecular weight is 389 g/mol. The van der Waals surface area contributed by atoms with Gasteiger partial charge in [0.1, 0.15) is 5.69 Å². The second-order valence-corrected chi connectivity index (χ2v) is 7.29. The largest absolute Gasteiger partial charge is 0.368 e. The molecule has 0 spiro atoms. The molecule has 2 heterocycles. The van der Waals surface area contributed by atoms with Crippen molar-refractivity contribution >= 4 is 40.1 Å². The fraction of sp³-hybridized carbons (Fsp3) is 0.350. The Kier molecular flexibility index (Phi) is 6.28. The molecule has 0 amide bonds. The summed E-state index contributed by atoms with van der Waals surface area (Å²) < 4.78 is 0.